The molecule has 0 aromatic heterocycles. The molecule has 0 radical (unpaired) electrons. The van der Waals surface area contributed by atoms with E-state index in [1.807, 2.05) is 97.1 Å². The van der Waals surface area contributed by atoms with Crippen LogP contribution in [0.4, 0.5) is 11.4 Å². The van der Waals surface area contributed by atoms with Crippen molar-refractivity contribution in [2.24, 2.45) is 0 Å². The van der Waals surface area contributed by atoms with Crippen LogP contribution in [0.1, 0.15) is 41.4 Å². The summed E-state index contributed by atoms with van der Waals surface area (Å²) in [5.74, 6) is -0.349. The second-order valence-corrected chi connectivity index (χ2v) is 13.4. The number of carbonyl (C=O) groups is 4. The predicted molar refractivity (Wildman–Crippen MR) is 210 cm³/mol. The molecule has 8 aromatic rings. The Labute approximate surface area is 308 Å². The minimum Gasteiger partial charge on any atom is -0.496 e. The van der Waals surface area contributed by atoms with Gasteiger partial charge in [0, 0.05) is 44.2 Å². The van der Waals surface area contributed by atoms with Crippen molar-refractivity contribution in [3.63, 3.8) is 0 Å². The monoisotopic (exact) mass is 704 g/mol. The SMILES string of the molecule is COc1ccc2cc(N3C(=O)c4cccc5cccc(c45)C3=O)ccc2c1-c1c(OC)ccc2cc(N3C(=O)c4cccc5cccc(c45)C3=O)ccc12. The van der Waals surface area contributed by atoms with E-state index in [1.165, 1.54) is 9.80 Å². The summed E-state index contributed by atoms with van der Waals surface area (Å²) in [4.78, 5) is 58.0. The lowest BCUT2D eigenvalue weighted by Gasteiger charge is -2.28. The van der Waals surface area contributed by atoms with E-state index in [1.54, 1.807) is 50.6 Å². The predicted octanol–water partition coefficient (Wildman–Crippen LogP) is 9.58. The molecule has 4 amide bonds. The number of methoxy groups -OCH3 is 2. The van der Waals surface area contributed by atoms with E-state index in [2.05, 4.69) is 0 Å². The van der Waals surface area contributed by atoms with Gasteiger partial charge in [0.1, 0.15) is 11.5 Å². The van der Waals surface area contributed by atoms with Gasteiger partial charge in [-0.15, -0.1) is 0 Å². The Kier molecular flexibility index (Phi) is 6.75. The van der Waals surface area contributed by atoms with Crippen molar-refractivity contribution in [1.82, 2.24) is 0 Å². The molecule has 0 aliphatic carbocycles. The summed E-state index contributed by atoms with van der Waals surface area (Å²) in [5, 5.41) is 6.17. The number of ether oxygens (including phenoxy) is 2. The first kappa shape index (κ1) is 31.4. The van der Waals surface area contributed by atoms with Gasteiger partial charge in [0.15, 0.2) is 0 Å². The van der Waals surface area contributed by atoms with Crippen LogP contribution in [0.15, 0.2) is 133 Å². The molecule has 10 rings (SSSR count). The first-order valence-corrected chi connectivity index (χ1v) is 17.4. The van der Waals surface area contributed by atoms with Crippen LogP contribution in [0.2, 0.25) is 0 Å². The van der Waals surface area contributed by atoms with E-state index < -0.39 is 0 Å². The zero-order valence-electron chi connectivity index (χ0n) is 29.0. The van der Waals surface area contributed by atoms with E-state index in [9.17, 15) is 19.2 Å². The summed E-state index contributed by atoms with van der Waals surface area (Å²) in [6.45, 7) is 0. The van der Waals surface area contributed by atoms with Crippen molar-refractivity contribution in [2.45, 2.75) is 0 Å². The number of nitrogens with zero attached hydrogens (tertiary/aromatic N) is 2. The first-order chi connectivity index (χ1) is 26.4. The number of benzene rings is 8. The van der Waals surface area contributed by atoms with E-state index in [-0.39, 0.29) is 23.6 Å². The number of carbonyl (C=O) groups excluding carboxylic acids is 4. The molecular formula is C46H28N2O6. The highest BCUT2D eigenvalue weighted by molar-refractivity contribution is 6.37. The largest absolute Gasteiger partial charge is 0.496 e. The maximum atomic E-state index is 13.9. The standard InChI is InChI=1S/C46H28N2O6/c1-53-37-21-15-27-23-29(47-43(49)33-11-3-7-25-8-4-12-34(39(25)33)44(47)50)17-19-31(27)41(37)42-32-20-18-30(24-28(32)16-22-38(42)54-2)48-45(51)35-13-5-9-26-10-6-14-36(40(26)35)46(48)52/h3-24H,1-2H3. The topological polar surface area (TPSA) is 93.2 Å². The molecule has 0 unspecified atom stereocenters. The normalized spacial score (nSPS) is 13.8. The average Bonchev–Trinajstić information content (AvgIpc) is 3.21. The van der Waals surface area contributed by atoms with Gasteiger partial charge in [0.25, 0.3) is 23.6 Å². The molecular weight excluding hydrogens is 677 g/mol. The van der Waals surface area contributed by atoms with Crippen LogP contribution in [-0.4, -0.2) is 37.8 Å². The third kappa shape index (κ3) is 4.31. The van der Waals surface area contributed by atoms with Gasteiger partial charge in [-0.25, -0.2) is 9.80 Å². The van der Waals surface area contributed by atoms with Crippen LogP contribution in [0.5, 0.6) is 11.5 Å². The van der Waals surface area contributed by atoms with Crippen molar-refractivity contribution in [3.05, 3.63) is 156 Å². The lowest BCUT2D eigenvalue weighted by molar-refractivity contribution is 0.0877. The van der Waals surface area contributed by atoms with Gasteiger partial charge in [-0.1, -0.05) is 72.8 Å². The highest BCUT2D eigenvalue weighted by Crippen LogP contribution is 2.47. The molecule has 0 bridgehead atoms. The molecule has 0 saturated carbocycles. The highest BCUT2D eigenvalue weighted by atomic mass is 16.5. The highest BCUT2D eigenvalue weighted by Gasteiger charge is 2.36. The summed E-state index contributed by atoms with van der Waals surface area (Å²) in [6, 6.07) is 40.4. The van der Waals surface area contributed by atoms with Crippen LogP contribution in [0.25, 0.3) is 54.2 Å². The summed E-state index contributed by atoms with van der Waals surface area (Å²) in [5.41, 5.74) is 4.30. The van der Waals surface area contributed by atoms with E-state index in [0.717, 1.165) is 43.4 Å². The van der Waals surface area contributed by atoms with Crippen LogP contribution >= 0.6 is 0 Å². The number of rotatable bonds is 5. The van der Waals surface area contributed by atoms with Crippen molar-refractivity contribution in [1.29, 1.82) is 0 Å². The number of fused-ring (bicyclic) bond motifs is 2. The number of anilines is 2. The zero-order chi connectivity index (χ0) is 36.8. The number of hydrogen-bond donors (Lipinski definition) is 0. The fourth-order valence-corrected chi connectivity index (χ4v) is 8.26. The molecule has 0 atom stereocenters. The minimum atomic E-state index is -0.380. The Hall–Kier alpha value is -7.32. The van der Waals surface area contributed by atoms with E-state index >= 15 is 0 Å². The maximum Gasteiger partial charge on any atom is 0.265 e. The number of imide groups is 2. The van der Waals surface area contributed by atoms with Crippen LogP contribution in [-0.2, 0) is 0 Å². The van der Waals surface area contributed by atoms with Crippen LogP contribution in [0.3, 0.4) is 0 Å². The van der Waals surface area contributed by atoms with Crippen molar-refractivity contribution in [3.8, 4) is 22.6 Å². The maximum absolute atomic E-state index is 13.9. The molecule has 8 nitrogen and oxygen atoms in total. The van der Waals surface area contributed by atoms with E-state index in [4.69, 9.17) is 9.47 Å². The van der Waals surface area contributed by atoms with E-state index in [0.29, 0.717) is 55.9 Å². The quantitative estimate of drug-likeness (QED) is 0.166. The number of amides is 4. The molecule has 54 heavy (non-hydrogen) atoms. The lowest BCUT2D eigenvalue weighted by atomic mass is 9.90. The third-order valence-corrected chi connectivity index (χ3v) is 10.7. The fraction of sp³-hybridized carbons (Fsp3) is 0.0435. The second kappa shape index (κ2) is 11.6. The fourth-order valence-electron chi connectivity index (χ4n) is 8.26. The van der Waals surface area contributed by atoms with Crippen molar-refractivity contribution < 1.29 is 28.7 Å². The van der Waals surface area contributed by atoms with Gasteiger partial charge in [0.05, 0.1) is 25.6 Å². The molecule has 258 valence electrons. The lowest BCUT2D eigenvalue weighted by Crippen LogP contribution is -2.40. The molecule has 0 spiro atoms. The Morgan fingerprint density at radius 1 is 0.389 bits per heavy atom. The van der Waals surface area contributed by atoms with Gasteiger partial charge < -0.3 is 9.47 Å². The van der Waals surface area contributed by atoms with Gasteiger partial charge in [-0.05, 0) is 93.0 Å². The second-order valence-electron chi connectivity index (χ2n) is 13.4. The van der Waals surface area contributed by atoms with Crippen molar-refractivity contribution in [2.75, 3.05) is 24.0 Å². The van der Waals surface area contributed by atoms with Gasteiger partial charge in [-0.2, -0.15) is 0 Å². The molecule has 0 N–H and O–H groups in total. The molecule has 2 aliphatic rings. The Morgan fingerprint density at radius 2 is 0.741 bits per heavy atom. The van der Waals surface area contributed by atoms with Gasteiger partial charge in [0.2, 0.25) is 0 Å². The Balaban J connectivity index is 1.11. The number of hydrogen-bond acceptors (Lipinski definition) is 6. The van der Waals surface area contributed by atoms with Crippen LogP contribution in [0, 0.1) is 0 Å². The zero-order valence-corrected chi connectivity index (χ0v) is 29.0. The Morgan fingerprint density at radius 3 is 1.07 bits per heavy atom. The molecule has 0 fully saturated rings. The third-order valence-electron chi connectivity index (χ3n) is 10.7. The molecule has 2 heterocycles. The minimum absolute atomic E-state index is 0.380. The summed E-state index contributed by atoms with van der Waals surface area (Å²) >= 11 is 0. The van der Waals surface area contributed by atoms with Gasteiger partial charge >= 0.3 is 0 Å². The summed E-state index contributed by atoms with van der Waals surface area (Å²) in [7, 11) is 3.20. The summed E-state index contributed by atoms with van der Waals surface area (Å²) in [6.07, 6.45) is 0. The smallest absolute Gasteiger partial charge is 0.265 e. The molecule has 2 aliphatic heterocycles. The molecule has 8 heteroatoms. The average molecular weight is 705 g/mol. The summed E-state index contributed by atoms with van der Waals surface area (Å²) < 4.78 is 11.9. The van der Waals surface area contributed by atoms with Gasteiger partial charge in [-0.3, -0.25) is 19.2 Å². The Bertz CT molecular complexity index is 2720. The van der Waals surface area contributed by atoms with Crippen molar-refractivity contribution >= 4 is 78.1 Å². The molecule has 8 aromatic carbocycles. The first-order valence-electron chi connectivity index (χ1n) is 17.4. The molecule has 0 saturated heterocycles. The van der Waals surface area contributed by atoms with Crippen LogP contribution < -0.4 is 19.3 Å².